The second-order valence-corrected chi connectivity index (χ2v) is 5.87. The van der Waals surface area contributed by atoms with Gasteiger partial charge in [-0.15, -0.1) is 0 Å². The maximum atomic E-state index is 13.2. The van der Waals surface area contributed by atoms with Crippen LogP contribution in [0.15, 0.2) is 91.1 Å². The van der Waals surface area contributed by atoms with Gasteiger partial charge in [0.1, 0.15) is 11.5 Å². The lowest BCUT2D eigenvalue weighted by Gasteiger charge is -2.02. The van der Waals surface area contributed by atoms with E-state index in [0.717, 1.165) is 11.3 Å². The van der Waals surface area contributed by atoms with Crippen LogP contribution in [-0.2, 0) is 0 Å². The smallest absolute Gasteiger partial charge is 0.196 e. The van der Waals surface area contributed by atoms with Gasteiger partial charge in [0.2, 0.25) is 0 Å². The van der Waals surface area contributed by atoms with Crippen molar-refractivity contribution in [2.24, 2.45) is 0 Å². The summed E-state index contributed by atoms with van der Waals surface area (Å²) in [6.07, 6.45) is 1.73. The maximum absolute atomic E-state index is 13.2. The molecule has 4 rings (SSSR count). The molecule has 4 heteroatoms. The third kappa shape index (κ3) is 3.05. The van der Waals surface area contributed by atoms with E-state index in [1.807, 2.05) is 60.7 Å². The normalized spacial score (nSPS) is 10.7. The number of aromatic nitrogens is 2. The maximum Gasteiger partial charge on any atom is 0.196 e. The third-order valence-corrected chi connectivity index (χ3v) is 4.13. The van der Waals surface area contributed by atoms with Crippen LogP contribution in [0.1, 0.15) is 15.9 Å². The van der Waals surface area contributed by atoms with Crippen LogP contribution in [0.4, 0.5) is 4.39 Å². The molecule has 0 saturated carbocycles. The van der Waals surface area contributed by atoms with Crippen molar-refractivity contribution in [1.82, 2.24) is 9.78 Å². The molecule has 3 nitrogen and oxygen atoms in total. The Balaban J connectivity index is 1.85. The van der Waals surface area contributed by atoms with Crippen molar-refractivity contribution in [3.8, 4) is 16.9 Å². The molecule has 1 heterocycles. The number of halogens is 1. The summed E-state index contributed by atoms with van der Waals surface area (Å²) in [5.74, 6) is -0.559. The van der Waals surface area contributed by atoms with E-state index in [4.69, 9.17) is 0 Å². The van der Waals surface area contributed by atoms with E-state index >= 15 is 0 Å². The van der Waals surface area contributed by atoms with Crippen LogP contribution in [0.25, 0.3) is 16.9 Å². The zero-order chi connectivity index (χ0) is 17.9. The van der Waals surface area contributed by atoms with Gasteiger partial charge in [-0.2, -0.15) is 5.10 Å². The molecule has 0 radical (unpaired) electrons. The minimum atomic E-state index is -0.371. The van der Waals surface area contributed by atoms with Crippen molar-refractivity contribution in [2.75, 3.05) is 0 Å². The average molecular weight is 342 g/mol. The molecule has 1 aromatic heterocycles. The molecule has 0 unspecified atom stereocenters. The molecule has 4 aromatic rings. The van der Waals surface area contributed by atoms with Gasteiger partial charge in [0.15, 0.2) is 5.78 Å². The van der Waals surface area contributed by atoms with E-state index in [9.17, 15) is 9.18 Å². The first-order valence-electron chi connectivity index (χ1n) is 8.23. The van der Waals surface area contributed by atoms with Crippen molar-refractivity contribution in [2.45, 2.75) is 0 Å². The van der Waals surface area contributed by atoms with Crippen LogP contribution in [0.3, 0.4) is 0 Å². The number of ketones is 1. The number of benzene rings is 3. The quantitative estimate of drug-likeness (QED) is 0.494. The largest absolute Gasteiger partial charge is 0.288 e. The molecule has 0 aliphatic heterocycles. The standard InChI is InChI=1S/C22H15FN2O/c23-18-13-11-17(12-14-18)22(26)20-15-25(19-9-5-2-6-10-19)24-21(20)16-7-3-1-4-8-16/h1-15H. The van der Waals surface area contributed by atoms with Crippen molar-refractivity contribution in [3.05, 3.63) is 108 Å². The Morgan fingerprint density at radius 3 is 2.08 bits per heavy atom. The van der Waals surface area contributed by atoms with E-state index < -0.39 is 0 Å². The van der Waals surface area contributed by atoms with E-state index in [-0.39, 0.29) is 11.6 Å². The van der Waals surface area contributed by atoms with Crippen LogP contribution in [0.2, 0.25) is 0 Å². The number of nitrogens with zero attached hydrogens (tertiary/aromatic N) is 2. The fraction of sp³-hybridized carbons (Fsp3) is 0. The van der Waals surface area contributed by atoms with E-state index in [1.54, 1.807) is 10.9 Å². The van der Waals surface area contributed by atoms with Gasteiger partial charge < -0.3 is 0 Å². The molecular formula is C22H15FN2O. The second kappa shape index (κ2) is 6.76. The second-order valence-electron chi connectivity index (χ2n) is 5.87. The van der Waals surface area contributed by atoms with Crippen LogP contribution in [0, 0.1) is 5.82 Å². The Kier molecular flexibility index (Phi) is 4.15. The van der Waals surface area contributed by atoms with Crippen LogP contribution in [0.5, 0.6) is 0 Å². The van der Waals surface area contributed by atoms with Gasteiger partial charge in [-0.3, -0.25) is 4.79 Å². The molecule has 3 aromatic carbocycles. The number of carbonyl (C=O) groups is 1. The van der Waals surface area contributed by atoms with Gasteiger partial charge in [-0.05, 0) is 36.4 Å². The molecule has 0 aliphatic carbocycles. The Hall–Kier alpha value is -3.53. The van der Waals surface area contributed by atoms with Crippen molar-refractivity contribution < 1.29 is 9.18 Å². The summed E-state index contributed by atoms with van der Waals surface area (Å²) >= 11 is 0. The molecule has 0 bridgehead atoms. The molecule has 0 N–H and O–H groups in total. The summed E-state index contributed by atoms with van der Waals surface area (Å²) in [4.78, 5) is 13.0. The molecule has 0 spiro atoms. The fourth-order valence-electron chi connectivity index (χ4n) is 2.82. The van der Waals surface area contributed by atoms with Gasteiger partial charge >= 0.3 is 0 Å². The molecule has 26 heavy (non-hydrogen) atoms. The molecular weight excluding hydrogens is 327 g/mol. The zero-order valence-electron chi connectivity index (χ0n) is 13.8. The molecule has 0 amide bonds. The number of hydrogen-bond acceptors (Lipinski definition) is 2. The van der Waals surface area contributed by atoms with Crippen LogP contribution >= 0.6 is 0 Å². The van der Waals surface area contributed by atoms with Crippen molar-refractivity contribution >= 4 is 5.78 Å². The Labute approximate surface area is 150 Å². The summed E-state index contributed by atoms with van der Waals surface area (Å²) in [6, 6.07) is 24.7. The van der Waals surface area contributed by atoms with E-state index in [0.29, 0.717) is 16.8 Å². The fourth-order valence-corrected chi connectivity index (χ4v) is 2.82. The summed E-state index contributed by atoms with van der Waals surface area (Å²) in [5, 5.41) is 4.64. The number of carbonyl (C=O) groups excluding carboxylic acids is 1. The zero-order valence-corrected chi connectivity index (χ0v) is 13.8. The highest BCUT2D eigenvalue weighted by Crippen LogP contribution is 2.26. The molecule has 126 valence electrons. The topological polar surface area (TPSA) is 34.9 Å². The monoisotopic (exact) mass is 342 g/mol. The number of para-hydroxylation sites is 1. The van der Waals surface area contributed by atoms with Crippen molar-refractivity contribution in [3.63, 3.8) is 0 Å². The lowest BCUT2D eigenvalue weighted by molar-refractivity contribution is 0.103. The Morgan fingerprint density at radius 2 is 1.42 bits per heavy atom. The number of hydrogen-bond donors (Lipinski definition) is 0. The first-order valence-corrected chi connectivity index (χ1v) is 8.23. The van der Waals surface area contributed by atoms with E-state index in [1.165, 1.54) is 24.3 Å². The lowest BCUT2D eigenvalue weighted by Crippen LogP contribution is -2.02. The highest BCUT2D eigenvalue weighted by Gasteiger charge is 2.20. The van der Waals surface area contributed by atoms with Gasteiger partial charge in [0.25, 0.3) is 0 Å². The predicted molar refractivity (Wildman–Crippen MR) is 98.8 cm³/mol. The summed E-state index contributed by atoms with van der Waals surface area (Å²) in [6.45, 7) is 0. The van der Waals surface area contributed by atoms with Crippen LogP contribution in [-0.4, -0.2) is 15.6 Å². The number of rotatable bonds is 4. The SMILES string of the molecule is O=C(c1ccc(F)cc1)c1cn(-c2ccccc2)nc1-c1ccccc1. The first-order chi connectivity index (χ1) is 12.7. The van der Waals surface area contributed by atoms with Crippen molar-refractivity contribution in [1.29, 1.82) is 0 Å². The molecule has 0 saturated heterocycles. The molecule has 0 aliphatic rings. The Bertz CT molecular complexity index is 1040. The van der Waals surface area contributed by atoms with Gasteiger partial charge in [-0.25, -0.2) is 9.07 Å². The van der Waals surface area contributed by atoms with Crippen LogP contribution < -0.4 is 0 Å². The Morgan fingerprint density at radius 1 is 0.808 bits per heavy atom. The van der Waals surface area contributed by atoms with Gasteiger partial charge in [-0.1, -0.05) is 48.5 Å². The summed E-state index contributed by atoms with van der Waals surface area (Å²) in [7, 11) is 0. The summed E-state index contributed by atoms with van der Waals surface area (Å²) < 4.78 is 14.9. The first kappa shape index (κ1) is 16.0. The molecule has 0 atom stereocenters. The average Bonchev–Trinajstić information content (AvgIpc) is 3.15. The van der Waals surface area contributed by atoms with Gasteiger partial charge in [0.05, 0.1) is 11.3 Å². The minimum absolute atomic E-state index is 0.189. The summed E-state index contributed by atoms with van der Waals surface area (Å²) in [5.41, 5.74) is 3.22. The van der Waals surface area contributed by atoms with E-state index in [2.05, 4.69) is 5.10 Å². The highest BCUT2D eigenvalue weighted by atomic mass is 19.1. The third-order valence-electron chi connectivity index (χ3n) is 4.13. The minimum Gasteiger partial charge on any atom is -0.288 e. The predicted octanol–water partition coefficient (Wildman–Crippen LogP) is 4.91. The lowest BCUT2D eigenvalue weighted by atomic mass is 10.0. The molecule has 0 fully saturated rings. The highest BCUT2D eigenvalue weighted by molar-refractivity contribution is 6.12. The van der Waals surface area contributed by atoms with Gasteiger partial charge in [0, 0.05) is 17.3 Å².